The third-order valence-electron chi connectivity index (χ3n) is 4.58. The van der Waals surface area contributed by atoms with Gasteiger partial charge in [-0.2, -0.15) is 4.31 Å². The van der Waals surface area contributed by atoms with Gasteiger partial charge in [0.1, 0.15) is 17.7 Å². The molecule has 1 N–H and O–H groups in total. The molecule has 3 rings (SSSR count). The van der Waals surface area contributed by atoms with E-state index in [1.165, 1.54) is 18.2 Å². The van der Waals surface area contributed by atoms with Crippen LogP contribution in [0.25, 0.3) is 0 Å². The highest BCUT2D eigenvalue weighted by molar-refractivity contribution is 7.89. The van der Waals surface area contributed by atoms with Crippen molar-refractivity contribution in [3.8, 4) is 0 Å². The molecule has 2 aromatic rings. The summed E-state index contributed by atoms with van der Waals surface area (Å²) in [4.78, 5) is 12.4. The van der Waals surface area contributed by atoms with Gasteiger partial charge in [0.15, 0.2) is 0 Å². The molecular weight excluding hydrogens is 374 g/mol. The minimum Gasteiger partial charge on any atom is -0.354 e. The van der Waals surface area contributed by atoms with Gasteiger partial charge in [0.05, 0.1) is 4.90 Å². The summed E-state index contributed by atoms with van der Waals surface area (Å²) in [7, 11) is -3.89. The lowest BCUT2D eigenvalue weighted by Gasteiger charge is -2.23. The first-order valence-electron chi connectivity index (χ1n) is 8.68. The van der Waals surface area contributed by atoms with Gasteiger partial charge in [0.25, 0.3) is 0 Å². The Morgan fingerprint density at radius 3 is 2.52 bits per heavy atom. The summed E-state index contributed by atoms with van der Waals surface area (Å²) in [5.74, 6) is -1.28. The van der Waals surface area contributed by atoms with E-state index in [2.05, 4.69) is 5.32 Å². The Bertz CT molecular complexity index is 917. The van der Waals surface area contributed by atoms with E-state index >= 15 is 0 Å². The Kier molecular flexibility index (Phi) is 5.86. The number of nitrogens with zero attached hydrogens (tertiary/aromatic N) is 1. The smallest absolute Gasteiger partial charge is 0.243 e. The second-order valence-electron chi connectivity index (χ2n) is 6.36. The van der Waals surface area contributed by atoms with Crippen LogP contribution in [0.5, 0.6) is 0 Å². The highest BCUT2D eigenvalue weighted by Gasteiger charge is 2.39. The third-order valence-corrected chi connectivity index (χ3v) is 6.50. The summed E-state index contributed by atoms with van der Waals surface area (Å²) < 4.78 is 53.4. The molecule has 1 heterocycles. The fourth-order valence-electron chi connectivity index (χ4n) is 3.17. The van der Waals surface area contributed by atoms with Crippen LogP contribution < -0.4 is 5.32 Å². The molecule has 1 aliphatic rings. The molecule has 0 aliphatic carbocycles. The van der Waals surface area contributed by atoms with E-state index in [1.54, 1.807) is 18.2 Å². The molecule has 2 aromatic carbocycles. The summed E-state index contributed by atoms with van der Waals surface area (Å²) >= 11 is 0. The molecule has 1 saturated heterocycles. The van der Waals surface area contributed by atoms with E-state index in [4.69, 9.17) is 0 Å². The quantitative estimate of drug-likeness (QED) is 0.819. The van der Waals surface area contributed by atoms with Crippen molar-refractivity contribution in [1.82, 2.24) is 9.62 Å². The van der Waals surface area contributed by atoms with Gasteiger partial charge in [-0.05, 0) is 55.2 Å². The standard InChI is InChI=1S/C19H20F2N2O3S/c20-15-7-9-16(10-8-15)27(25,26)23-13-3-6-18(23)19(24)22-12-11-14-4-1-2-5-17(14)21/h1-2,4-5,7-10,18H,3,6,11-13H2,(H,22,24). The zero-order valence-corrected chi connectivity index (χ0v) is 15.4. The Labute approximate surface area is 157 Å². The number of hydrogen-bond acceptors (Lipinski definition) is 3. The summed E-state index contributed by atoms with van der Waals surface area (Å²) in [6.07, 6.45) is 1.29. The molecule has 0 radical (unpaired) electrons. The van der Waals surface area contributed by atoms with Crippen molar-refractivity contribution in [2.24, 2.45) is 0 Å². The molecule has 144 valence electrons. The predicted molar refractivity (Wildman–Crippen MR) is 96.4 cm³/mol. The first-order chi connectivity index (χ1) is 12.9. The van der Waals surface area contributed by atoms with Gasteiger partial charge in [0, 0.05) is 13.1 Å². The molecule has 1 amide bonds. The number of halogens is 2. The van der Waals surface area contributed by atoms with Crippen LogP contribution in [0.2, 0.25) is 0 Å². The van der Waals surface area contributed by atoms with Gasteiger partial charge >= 0.3 is 0 Å². The van der Waals surface area contributed by atoms with Gasteiger partial charge in [-0.3, -0.25) is 4.79 Å². The highest BCUT2D eigenvalue weighted by atomic mass is 32.2. The van der Waals surface area contributed by atoms with E-state index in [9.17, 15) is 22.0 Å². The maximum absolute atomic E-state index is 13.6. The lowest BCUT2D eigenvalue weighted by atomic mass is 10.1. The second kappa shape index (κ2) is 8.14. The Morgan fingerprint density at radius 1 is 1.11 bits per heavy atom. The molecule has 1 atom stereocenters. The predicted octanol–water partition coefficient (Wildman–Crippen LogP) is 2.48. The van der Waals surface area contributed by atoms with E-state index < -0.39 is 27.8 Å². The van der Waals surface area contributed by atoms with E-state index in [0.29, 0.717) is 24.8 Å². The highest BCUT2D eigenvalue weighted by Crippen LogP contribution is 2.26. The molecule has 1 aliphatic heterocycles. The topological polar surface area (TPSA) is 66.5 Å². The SMILES string of the molecule is O=C(NCCc1ccccc1F)C1CCCN1S(=O)(=O)c1ccc(F)cc1. The monoisotopic (exact) mass is 394 g/mol. The van der Waals surface area contributed by atoms with Crippen molar-refractivity contribution in [2.45, 2.75) is 30.2 Å². The minimum atomic E-state index is -3.89. The van der Waals surface area contributed by atoms with Gasteiger partial charge in [0.2, 0.25) is 15.9 Å². The first kappa shape index (κ1) is 19.4. The van der Waals surface area contributed by atoms with Gasteiger partial charge in [-0.15, -0.1) is 0 Å². The number of carbonyl (C=O) groups is 1. The van der Waals surface area contributed by atoms with Crippen LogP contribution in [-0.2, 0) is 21.2 Å². The van der Waals surface area contributed by atoms with Crippen molar-refractivity contribution in [2.75, 3.05) is 13.1 Å². The third kappa shape index (κ3) is 4.33. The Balaban J connectivity index is 1.65. The molecule has 0 saturated carbocycles. The average molecular weight is 394 g/mol. The van der Waals surface area contributed by atoms with E-state index in [1.807, 2.05) is 0 Å². The first-order valence-corrected chi connectivity index (χ1v) is 10.1. The number of amides is 1. The second-order valence-corrected chi connectivity index (χ2v) is 8.25. The maximum Gasteiger partial charge on any atom is 0.243 e. The van der Waals surface area contributed by atoms with E-state index in [-0.39, 0.29) is 23.8 Å². The van der Waals surface area contributed by atoms with Crippen LogP contribution >= 0.6 is 0 Å². The molecule has 1 fully saturated rings. The van der Waals surface area contributed by atoms with Gasteiger partial charge in [-0.25, -0.2) is 17.2 Å². The zero-order valence-electron chi connectivity index (χ0n) is 14.6. The fourth-order valence-corrected chi connectivity index (χ4v) is 4.83. The van der Waals surface area contributed by atoms with Crippen LogP contribution in [0.4, 0.5) is 8.78 Å². The van der Waals surface area contributed by atoms with Gasteiger partial charge in [-0.1, -0.05) is 18.2 Å². The molecule has 1 unspecified atom stereocenters. The van der Waals surface area contributed by atoms with Crippen molar-refractivity contribution in [1.29, 1.82) is 0 Å². The summed E-state index contributed by atoms with van der Waals surface area (Å²) in [6.45, 7) is 0.436. The van der Waals surface area contributed by atoms with Crippen LogP contribution in [0, 0.1) is 11.6 Å². The van der Waals surface area contributed by atoms with Gasteiger partial charge < -0.3 is 5.32 Å². The van der Waals surface area contributed by atoms with Crippen LogP contribution in [0.3, 0.4) is 0 Å². The number of benzene rings is 2. The number of nitrogens with one attached hydrogen (secondary N) is 1. The number of hydrogen-bond donors (Lipinski definition) is 1. The maximum atomic E-state index is 13.6. The van der Waals surface area contributed by atoms with Crippen LogP contribution in [0.15, 0.2) is 53.4 Å². The zero-order chi connectivity index (χ0) is 19.4. The molecule has 27 heavy (non-hydrogen) atoms. The fraction of sp³-hybridized carbons (Fsp3) is 0.316. The van der Waals surface area contributed by atoms with Crippen molar-refractivity contribution in [3.05, 3.63) is 65.7 Å². The summed E-state index contributed by atoms with van der Waals surface area (Å²) in [6, 6.07) is 10.0. The lowest BCUT2D eigenvalue weighted by molar-refractivity contribution is -0.124. The van der Waals surface area contributed by atoms with E-state index in [0.717, 1.165) is 16.4 Å². The molecule has 0 bridgehead atoms. The molecule has 8 heteroatoms. The molecular formula is C19H20F2N2O3S. The minimum absolute atomic E-state index is 0.0463. The van der Waals surface area contributed by atoms with Crippen molar-refractivity contribution in [3.63, 3.8) is 0 Å². The number of carbonyl (C=O) groups excluding carboxylic acids is 1. The van der Waals surface area contributed by atoms with Crippen molar-refractivity contribution >= 4 is 15.9 Å². The summed E-state index contributed by atoms with van der Waals surface area (Å²) in [5, 5.41) is 2.69. The average Bonchev–Trinajstić information content (AvgIpc) is 3.14. The lowest BCUT2D eigenvalue weighted by Crippen LogP contribution is -2.46. The van der Waals surface area contributed by atoms with Crippen LogP contribution in [0.1, 0.15) is 18.4 Å². The summed E-state index contributed by atoms with van der Waals surface area (Å²) in [5.41, 5.74) is 0.486. The molecule has 0 aromatic heterocycles. The van der Waals surface area contributed by atoms with Crippen molar-refractivity contribution < 1.29 is 22.0 Å². The Morgan fingerprint density at radius 2 is 1.81 bits per heavy atom. The Hall–Kier alpha value is -2.32. The van der Waals surface area contributed by atoms with Crippen LogP contribution in [-0.4, -0.2) is 37.8 Å². The normalized spacial score (nSPS) is 17.8. The largest absolute Gasteiger partial charge is 0.354 e. The number of sulfonamides is 1. The molecule has 5 nitrogen and oxygen atoms in total. The number of rotatable bonds is 6. The molecule has 0 spiro atoms.